The van der Waals surface area contributed by atoms with Gasteiger partial charge >= 0.3 is 18.3 Å². The maximum Gasteiger partial charge on any atom is 0.573 e. The number of anilines is 1. The van der Waals surface area contributed by atoms with Gasteiger partial charge in [0, 0.05) is 12.3 Å². The molecule has 10 heteroatoms. The van der Waals surface area contributed by atoms with Crippen molar-refractivity contribution in [1.82, 2.24) is 0 Å². The number of methoxy groups -OCH3 is 2. The van der Waals surface area contributed by atoms with Crippen molar-refractivity contribution in [3.05, 3.63) is 59.5 Å². The standard InChI is InChI=1S/C18H13F3N2O5/c1-26-16(24)12-5-3-4-8-23(15(12)17(25)27-2)13-7-6-11(10-22)9-14(13)28-18(19,20)21/h3-9H,1-2H3. The fourth-order valence-corrected chi connectivity index (χ4v) is 2.34. The zero-order chi connectivity index (χ0) is 20.9. The van der Waals surface area contributed by atoms with Crippen molar-refractivity contribution in [2.75, 3.05) is 19.1 Å². The summed E-state index contributed by atoms with van der Waals surface area (Å²) >= 11 is 0. The van der Waals surface area contributed by atoms with E-state index in [1.54, 1.807) is 6.07 Å². The fourth-order valence-electron chi connectivity index (χ4n) is 2.34. The molecule has 0 saturated carbocycles. The second-order valence-corrected chi connectivity index (χ2v) is 5.16. The highest BCUT2D eigenvalue weighted by molar-refractivity contribution is 6.05. The molecule has 0 amide bonds. The van der Waals surface area contributed by atoms with Crippen LogP contribution in [-0.4, -0.2) is 32.5 Å². The van der Waals surface area contributed by atoms with E-state index in [-0.39, 0.29) is 16.8 Å². The molecule has 0 atom stereocenters. The SMILES string of the molecule is COC(=O)C1=C(C(=O)OC)N(c2ccc(C#N)cc2OC(F)(F)F)C=CC=C1. The first kappa shape index (κ1) is 20.6. The highest BCUT2D eigenvalue weighted by atomic mass is 19.4. The lowest BCUT2D eigenvalue weighted by atomic mass is 10.1. The van der Waals surface area contributed by atoms with E-state index in [1.165, 1.54) is 30.5 Å². The quantitative estimate of drug-likeness (QED) is 0.726. The van der Waals surface area contributed by atoms with Gasteiger partial charge in [0.2, 0.25) is 0 Å². The van der Waals surface area contributed by atoms with E-state index >= 15 is 0 Å². The second-order valence-electron chi connectivity index (χ2n) is 5.16. The average molecular weight is 394 g/mol. The van der Waals surface area contributed by atoms with Crippen molar-refractivity contribution >= 4 is 17.6 Å². The molecule has 28 heavy (non-hydrogen) atoms. The second kappa shape index (κ2) is 8.30. The van der Waals surface area contributed by atoms with Crippen LogP contribution in [0.1, 0.15) is 5.56 Å². The Bertz CT molecular complexity index is 926. The number of carbonyl (C=O) groups is 2. The van der Waals surface area contributed by atoms with Crippen LogP contribution in [-0.2, 0) is 19.1 Å². The van der Waals surface area contributed by atoms with Crippen LogP contribution < -0.4 is 9.64 Å². The van der Waals surface area contributed by atoms with Gasteiger partial charge in [-0.15, -0.1) is 13.2 Å². The number of nitriles is 1. The zero-order valence-electron chi connectivity index (χ0n) is 14.6. The van der Waals surface area contributed by atoms with E-state index in [0.29, 0.717) is 0 Å². The largest absolute Gasteiger partial charge is 0.573 e. The topological polar surface area (TPSA) is 88.9 Å². The predicted octanol–water partition coefficient (Wildman–Crippen LogP) is 2.95. The van der Waals surface area contributed by atoms with Crippen LogP contribution in [0.2, 0.25) is 0 Å². The van der Waals surface area contributed by atoms with Gasteiger partial charge in [-0.1, -0.05) is 6.08 Å². The van der Waals surface area contributed by atoms with E-state index in [2.05, 4.69) is 14.2 Å². The van der Waals surface area contributed by atoms with E-state index in [0.717, 1.165) is 31.3 Å². The smallest absolute Gasteiger partial charge is 0.465 e. The Hall–Kier alpha value is -3.74. The summed E-state index contributed by atoms with van der Waals surface area (Å²) in [5.74, 6) is -2.65. The molecule has 146 valence electrons. The van der Waals surface area contributed by atoms with Gasteiger partial charge in [-0.2, -0.15) is 5.26 Å². The molecule has 1 aliphatic rings. The molecule has 1 aromatic rings. The Morgan fingerprint density at radius 3 is 2.36 bits per heavy atom. The van der Waals surface area contributed by atoms with E-state index in [4.69, 9.17) is 5.26 Å². The third kappa shape index (κ3) is 4.50. The molecule has 0 N–H and O–H groups in total. The number of nitrogens with zero attached hydrogens (tertiary/aromatic N) is 2. The lowest BCUT2D eigenvalue weighted by Gasteiger charge is -2.25. The van der Waals surface area contributed by atoms with Gasteiger partial charge in [-0.3, -0.25) is 0 Å². The van der Waals surface area contributed by atoms with Gasteiger partial charge in [0.05, 0.1) is 37.1 Å². The number of hydrogen-bond donors (Lipinski definition) is 0. The number of alkyl halides is 3. The van der Waals surface area contributed by atoms with Crippen LogP contribution in [0, 0.1) is 11.3 Å². The normalized spacial score (nSPS) is 13.6. The first-order valence-electron chi connectivity index (χ1n) is 7.56. The number of halogens is 3. The molecule has 0 aliphatic carbocycles. The van der Waals surface area contributed by atoms with E-state index < -0.39 is 29.7 Å². The number of rotatable bonds is 4. The van der Waals surface area contributed by atoms with Crippen molar-refractivity contribution in [2.45, 2.75) is 6.36 Å². The molecular weight excluding hydrogens is 381 g/mol. The summed E-state index contributed by atoms with van der Waals surface area (Å²) in [6.07, 6.45) is 0.209. The summed E-state index contributed by atoms with van der Waals surface area (Å²) in [4.78, 5) is 25.4. The monoisotopic (exact) mass is 394 g/mol. The summed E-state index contributed by atoms with van der Waals surface area (Å²) in [6.45, 7) is 0. The highest BCUT2D eigenvalue weighted by Gasteiger charge is 2.35. The van der Waals surface area contributed by atoms with E-state index in [1.807, 2.05) is 0 Å². The van der Waals surface area contributed by atoms with Crippen molar-refractivity contribution in [3.8, 4) is 11.8 Å². The molecular formula is C18H13F3N2O5. The molecule has 0 saturated heterocycles. The predicted molar refractivity (Wildman–Crippen MR) is 89.7 cm³/mol. The lowest BCUT2D eigenvalue weighted by Crippen LogP contribution is -2.28. The van der Waals surface area contributed by atoms with Crippen LogP contribution in [0.15, 0.2) is 53.9 Å². The summed E-state index contributed by atoms with van der Waals surface area (Å²) < 4.78 is 51.9. The molecule has 1 aromatic carbocycles. The van der Waals surface area contributed by atoms with Crippen molar-refractivity contribution in [2.24, 2.45) is 0 Å². The maximum atomic E-state index is 12.9. The van der Waals surface area contributed by atoms with E-state index in [9.17, 15) is 22.8 Å². The average Bonchev–Trinajstić information content (AvgIpc) is 2.88. The minimum absolute atomic E-state index is 0.100. The number of esters is 2. The number of ether oxygens (including phenoxy) is 3. The zero-order valence-corrected chi connectivity index (χ0v) is 14.6. The van der Waals surface area contributed by atoms with Gasteiger partial charge < -0.3 is 19.1 Å². The van der Waals surface area contributed by atoms with Crippen LogP contribution in [0.4, 0.5) is 18.9 Å². The van der Waals surface area contributed by atoms with Crippen molar-refractivity contribution in [3.63, 3.8) is 0 Å². The minimum Gasteiger partial charge on any atom is -0.465 e. The Balaban J connectivity index is 2.74. The third-order valence-electron chi connectivity index (χ3n) is 3.46. The molecule has 1 heterocycles. The molecule has 0 aromatic heterocycles. The Labute approximate surface area is 157 Å². The van der Waals surface area contributed by atoms with Gasteiger partial charge in [0.25, 0.3) is 0 Å². The van der Waals surface area contributed by atoms with Crippen molar-refractivity contribution in [1.29, 1.82) is 5.26 Å². The van der Waals surface area contributed by atoms with Gasteiger partial charge in [-0.05, 0) is 24.3 Å². The highest BCUT2D eigenvalue weighted by Crippen LogP contribution is 2.37. The summed E-state index contributed by atoms with van der Waals surface area (Å²) in [7, 11) is 2.13. The molecule has 2 rings (SSSR count). The molecule has 0 bridgehead atoms. The molecule has 0 spiro atoms. The first-order chi connectivity index (χ1) is 13.2. The van der Waals surface area contributed by atoms with Crippen LogP contribution >= 0.6 is 0 Å². The number of benzene rings is 1. The minimum atomic E-state index is -5.06. The maximum absolute atomic E-state index is 12.9. The Morgan fingerprint density at radius 2 is 1.79 bits per heavy atom. The molecule has 0 unspecified atom stereocenters. The van der Waals surface area contributed by atoms with Crippen molar-refractivity contribution < 1.29 is 37.0 Å². The molecule has 0 radical (unpaired) electrons. The number of hydrogen-bond acceptors (Lipinski definition) is 7. The fraction of sp³-hybridized carbons (Fsp3) is 0.167. The number of carbonyl (C=O) groups excluding carboxylic acids is 2. The summed E-state index contributed by atoms with van der Waals surface area (Å²) in [5, 5.41) is 8.96. The van der Waals surface area contributed by atoms with Crippen LogP contribution in [0.25, 0.3) is 0 Å². The summed E-state index contributed by atoms with van der Waals surface area (Å²) in [6, 6.07) is 4.95. The summed E-state index contributed by atoms with van der Waals surface area (Å²) in [5.41, 5.74) is -0.993. The number of allylic oxidation sites excluding steroid dienone is 2. The van der Waals surface area contributed by atoms with Gasteiger partial charge in [0.15, 0.2) is 5.75 Å². The Kier molecular flexibility index (Phi) is 6.10. The van der Waals surface area contributed by atoms with Crippen LogP contribution in [0.3, 0.4) is 0 Å². The van der Waals surface area contributed by atoms with Gasteiger partial charge in [0.1, 0.15) is 5.70 Å². The third-order valence-corrected chi connectivity index (χ3v) is 3.46. The molecule has 0 fully saturated rings. The molecule has 1 aliphatic heterocycles. The first-order valence-corrected chi connectivity index (χ1v) is 7.56. The van der Waals surface area contributed by atoms with Crippen LogP contribution in [0.5, 0.6) is 5.75 Å². The van der Waals surface area contributed by atoms with Gasteiger partial charge in [-0.25, -0.2) is 9.59 Å². The lowest BCUT2D eigenvalue weighted by molar-refractivity contribution is -0.274. The molecule has 7 nitrogen and oxygen atoms in total. The Morgan fingerprint density at radius 1 is 1.11 bits per heavy atom.